The fourth-order valence-electron chi connectivity index (χ4n) is 1.62. The molecule has 0 atom stereocenters. The van der Waals surface area contributed by atoms with Crippen LogP contribution in [0.2, 0.25) is 10.0 Å². The number of nitrogens with one attached hydrogen (secondary N) is 1. The monoisotopic (exact) mass is 311 g/mol. The quantitative estimate of drug-likeness (QED) is 0.811. The number of anilines is 1. The number of rotatable bonds is 3. The molecule has 98 valence electrons. The van der Waals surface area contributed by atoms with Gasteiger partial charge in [0.15, 0.2) is 0 Å². The number of carbonyl (C=O) groups excluding carboxylic acids is 1. The molecule has 0 spiro atoms. The molecule has 0 unspecified atom stereocenters. The summed E-state index contributed by atoms with van der Waals surface area (Å²) in [5, 5.41) is 3.48. The third-order valence-electron chi connectivity index (χ3n) is 2.55. The lowest BCUT2D eigenvalue weighted by atomic mass is 10.2. The van der Waals surface area contributed by atoms with Crippen LogP contribution in [0, 0.1) is 0 Å². The zero-order valence-corrected chi connectivity index (χ0v) is 12.4. The van der Waals surface area contributed by atoms with E-state index in [0.717, 1.165) is 10.6 Å². The van der Waals surface area contributed by atoms with Crippen LogP contribution in [0.4, 0.5) is 5.69 Å². The number of amides is 1. The van der Waals surface area contributed by atoms with Crippen LogP contribution in [-0.4, -0.2) is 12.2 Å². The molecule has 1 amide bonds. The summed E-state index contributed by atoms with van der Waals surface area (Å²) in [5.41, 5.74) is 1.13. The van der Waals surface area contributed by atoms with E-state index in [1.54, 1.807) is 30.0 Å². The van der Waals surface area contributed by atoms with E-state index >= 15 is 0 Å². The predicted molar refractivity (Wildman–Crippen MR) is 82.6 cm³/mol. The van der Waals surface area contributed by atoms with Crippen molar-refractivity contribution >= 4 is 46.6 Å². The molecule has 0 bridgehead atoms. The van der Waals surface area contributed by atoms with Gasteiger partial charge in [0.05, 0.1) is 21.3 Å². The number of hydrogen-bond acceptors (Lipinski definition) is 2. The van der Waals surface area contributed by atoms with E-state index in [1.807, 2.05) is 30.5 Å². The molecule has 0 aromatic heterocycles. The predicted octanol–water partition coefficient (Wildman–Crippen LogP) is 4.97. The third-order valence-corrected chi connectivity index (χ3v) is 4.17. The molecule has 0 aliphatic heterocycles. The first-order chi connectivity index (χ1) is 9.13. The summed E-state index contributed by atoms with van der Waals surface area (Å²) in [6.45, 7) is 0. The molecule has 0 saturated carbocycles. The van der Waals surface area contributed by atoms with Gasteiger partial charge >= 0.3 is 0 Å². The topological polar surface area (TPSA) is 29.1 Å². The Kier molecular flexibility index (Phi) is 4.75. The molecule has 0 fully saturated rings. The molecule has 2 nitrogen and oxygen atoms in total. The Labute approximate surface area is 126 Å². The fraction of sp³-hybridized carbons (Fsp3) is 0.0714. The summed E-state index contributed by atoms with van der Waals surface area (Å²) in [4.78, 5) is 13.2. The molecule has 0 radical (unpaired) electrons. The van der Waals surface area contributed by atoms with Crippen molar-refractivity contribution in [1.29, 1.82) is 0 Å². The normalized spacial score (nSPS) is 10.3. The minimum absolute atomic E-state index is 0.267. The molecule has 2 aromatic rings. The zero-order chi connectivity index (χ0) is 13.8. The van der Waals surface area contributed by atoms with Crippen molar-refractivity contribution < 1.29 is 4.79 Å². The lowest BCUT2D eigenvalue weighted by Gasteiger charge is -2.10. The van der Waals surface area contributed by atoms with Gasteiger partial charge in [0, 0.05) is 4.90 Å². The van der Waals surface area contributed by atoms with Crippen molar-refractivity contribution in [3.8, 4) is 0 Å². The maximum Gasteiger partial charge on any atom is 0.257 e. The first-order valence-corrected chi connectivity index (χ1v) is 7.50. The van der Waals surface area contributed by atoms with Crippen molar-refractivity contribution in [3.05, 3.63) is 58.1 Å². The Morgan fingerprint density at radius 1 is 1.11 bits per heavy atom. The Bertz CT molecular complexity index is 616. The number of hydrogen-bond donors (Lipinski definition) is 1. The third kappa shape index (κ3) is 3.24. The van der Waals surface area contributed by atoms with Crippen LogP contribution in [0.1, 0.15) is 10.4 Å². The van der Waals surface area contributed by atoms with Crippen molar-refractivity contribution in [2.45, 2.75) is 4.90 Å². The van der Waals surface area contributed by atoms with Crippen LogP contribution in [0.25, 0.3) is 0 Å². The second kappa shape index (κ2) is 6.33. The second-order valence-electron chi connectivity index (χ2n) is 3.76. The van der Waals surface area contributed by atoms with Gasteiger partial charge in [-0.15, -0.1) is 11.8 Å². The Morgan fingerprint density at radius 3 is 2.58 bits per heavy atom. The average Bonchev–Trinajstić information content (AvgIpc) is 2.42. The molecule has 2 rings (SSSR count). The molecule has 0 heterocycles. The van der Waals surface area contributed by atoms with Crippen LogP contribution in [0.3, 0.4) is 0 Å². The van der Waals surface area contributed by atoms with Crippen LogP contribution < -0.4 is 5.32 Å². The standard InChI is InChI=1S/C14H11Cl2NOS/c1-19-12-8-3-2-7-11(12)17-14(18)9-5-4-6-10(15)13(9)16/h2-8H,1H3,(H,17,18). The minimum Gasteiger partial charge on any atom is -0.321 e. The maximum absolute atomic E-state index is 12.2. The van der Waals surface area contributed by atoms with Gasteiger partial charge in [-0.25, -0.2) is 0 Å². The molecule has 1 N–H and O–H groups in total. The van der Waals surface area contributed by atoms with Gasteiger partial charge in [-0.1, -0.05) is 41.4 Å². The highest BCUT2D eigenvalue weighted by Crippen LogP contribution is 2.28. The van der Waals surface area contributed by atoms with Gasteiger partial charge in [0.25, 0.3) is 5.91 Å². The smallest absolute Gasteiger partial charge is 0.257 e. The highest BCUT2D eigenvalue weighted by molar-refractivity contribution is 7.98. The fourth-order valence-corrected chi connectivity index (χ4v) is 2.56. The zero-order valence-electron chi connectivity index (χ0n) is 10.1. The van der Waals surface area contributed by atoms with E-state index in [-0.39, 0.29) is 10.9 Å². The van der Waals surface area contributed by atoms with Crippen molar-refractivity contribution in [2.24, 2.45) is 0 Å². The Hall–Kier alpha value is -1.16. The number of thioether (sulfide) groups is 1. The van der Waals surface area contributed by atoms with Crippen LogP contribution in [-0.2, 0) is 0 Å². The van der Waals surface area contributed by atoms with E-state index in [9.17, 15) is 4.79 Å². The van der Waals surface area contributed by atoms with Gasteiger partial charge in [0.2, 0.25) is 0 Å². The summed E-state index contributed by atoms with van der Waals surface area (Å²) in [6.07, 6.45) is 1.96. The molecule has 0 aliphatic rings. The Balaban J connectivity index is 2.28. The lowest BCUT2D eigenvalue weighted by molar-refractivity contribution is 0.102. The molecule has 2 aromatic carbocycles. The second-order valence-corrected chi connectivity index (χ2v) is 5.39. The summed E-state index contributed by atoms with van der Waals surface area (Å²) in [7, 11) is 0. The summed E-state index contributed by atoms with van der Waals surface area (Å²) < 4.78 is 0. The number of para-hydroxylation sites is 1. The highest BCUT2D eigenvalue weighted by atomic mass is 35.5. The first-order valence-electron chi connectivity index (χ1n) is 5.52. The maximum atomic E-state index is 12.2. The van der Waals surface area contributed by atoms with E-state index < -0.39 is 0 Å². The summed E-state index contributed by atoms with van der Waals surface area (Å²) >= 11 is 13.5. The van der Waals surface area contributed by atoms with Crippen LogP contribution in [0.5, 0.6) is 0 Å². The largest absolute Gasteiger partial charge is 0.321 e. The van der Waals surface area contributed by atoms with E-state index in [1.165, 1.54) is 0 Å². The summed E-state index contributed by atoms with van der Waals surface area (Å²) in [5.74, 6) is -0.269. The van der Waals surface area contributed by atoms with Crippen LogP contribution >= 0.6 is 35.0 Å². The molecular weight excluding hydrogens is 301 g/mol. The molecular formula is C14H11Cl2NOS. The van der Waals surface area contributed by atoms with E-state index in [4.69, 9.17) is 23.2 Å². The highest BCUT2D eigenvalue weighted by Gasteiger charge is 2.13. The molecule has 19 heavy (non-hydrogen) atoms. The van der Waals surface area contributed by atoms with Gasteiger partial charge < -0.3 is 5.32 Å². The van der Waals surface area contributed by atoms with Gasteiger partial charge in [-0.2, -0.15) is 0 Å². The van der Waals surface area contributed by atoms with Crippen LogP contribution in [0.15, 0.2) is 47.4 Å². The van der Waals surface area contributed by atoms with Gasteiger partial charge in [-0.3, -0.25) is 4.79 Å². The van der Waals surface area contributed by atoms with Gasteiger partial charge in [0.1, 0.15) is 0 Å². The summed E-state index contributed by atoms with van der Waals surface area (Å²) in [6, 6.07) is 12.6. The van der Waals surface area contributed by atoms with Crippen molar-refractivity contribution in [2.75, 3.05) is 11.6 Å². The Morgan fingerprint density at radius 2 is 1.84 bits per heavy atom. The molecule has 0 aliphatic carbocycles. The SMILES string of the molecule is CSc1ccccc1NC(=O)c1cccc(Cl)c1Cl. The number of carbonyl (C=O) groups is 1. The number of benzene rings is 2. The molecule has 5 heteroatoms. The average molecular weight is 312 g/mol. The first kappa shape index (κ1) is 14.3. The van der Waals surface area contributed by atoms with E-state index in [2.05, 4.69) is 5.32 Å². The van der Waals surface area contributed by atoms with Crippen molar-refractivity contribution in [1.82, 2.24) is 0 Å². The van der Waals surface area contributed by atoms with Crippen molar-refractivity contribution in [3.63, 3.8) is 0 Å². The lowest BCUT2D eigenvalue weighted by Crippen LogP contribution is -2.13. The number of halogens is 2. The van der Waals surface area contributed by atoms with Gasteiger partial charge in [-0.05, 0) is 30.5 Å². The van der Waals surface area contributed by atoms with E-state index in [0.29, 0.717) is 10.6 Å². The molecule has 0 saturated heterocycles. The minimum atomic E-state index is -0.269.